The van der Waals surface area contributed by atoms with Crippen LogP contribution in [0.15, 0.2) is 53.4 Å². The molecule has 2 aliphatic heterocycles. The Bertz CT molecular complexity index is 822. The molecule has 5 rings (SSSR count). The number of likely N-dealkylation sites (tertiary alicyclic amines) is 1. The Hall–Kier alpha value is -1.91. The molecule has 1 fully saturated rings. The van der Waals surface area contributed by atoms with E-state index >= 15 is 0 Å². The average Bonchev–Trinajstić information content (AvgIpc) is 3.32. The summed E-state index contributed by atoms with van der Waals surface area (Å²) in [4.78, 5) is 7.37. The smallest absolute Gasteiger partial charge is 0.109 e. The SMILES string of the molecule is c1ccc(-c2cnc3n2C[C@@H]2CN(Cc4ccsc4)C[C@@H]2C3)cc1. The van der Waals surface area contributed by atoms with Gasteiger partial charge in [0.1, 0.15) is 5.82 Å². The lowest BCUT2D eigenvalue weighted by Crippen LogP contribution is -2.28. The molecule has 0 saturated carbocycles. The van der Waals surface area contributed by atoms with Crippen LogP contribution >= 0.6 is 11.3 Å². The Morgan fingerprint density at radius 2 is 1.92 bits per heavy atom. The van der Waals surface area contributed by atoms with Crippen LogP contribution in [0.4, 0.5) is 0 Å². The van der Waals surface area contributed by atoms with Gasteiger partial charge in [-0.25, -0.2) is 4.98 Å². The third-order valence-electron chi connectivity index (χ3n) is 5.51. The summed E-state index contributed by atoms with van der Waals surface area (Å²) in [5, 5.41) is 4.46. The van der Waals surface area contributed by atoms with E-state index in [1.807, 2.05) is 0 Å². The number of benzene rings is 1. The lowest BCUT2D eigenvalue weighted by atomic mass is 9.89. The molecular weight excluding hydrogens is 314 g/mol. The summed E-state index contributed by atoms with van der Waals surface area (Å²) in [5.74, 6) is 2.79. The highest BCUT2D eigenvalue weighted by Gasteiger charge is 2.37. The predicted molar refractivity (Wildman–Crippen MR) is 97.9 cm³/mol. The first-order chi connectivity index (χ1) is 11.9. The zero-order valence-corrected chi connectivity index (χ0v) is 14.5. The van der Waals surface area contributed by atoms with E-state index in [1.165, 1.54) is 35.7 Å². The van der Waals surface area contributed by atoms with Crippen molar-refractivity contribution in [2.75, 3.05) is 13.1 Å². The highest BCUT2D eigenvalue weighted by molar-refractivity contribution is 7.07. The van der Waals surface area contributed by atoms with Gasteiger partial charge in [-0.05, 0) is 39.8 Å². The standard InChI is InChI=1S/C20H21N3S/c1-2-4-16(5-3-1)19-9-21-20-8-17-11-22(10-15-6-7-24-14-15)12-18(17)13-23(19)20/h1-7,9,14,17-18H,8,10-13H2/t17-,18-/m0/s1. The minimum absolute atomic E-state index is 0.757. The number of imidazole rings is 1. The highest BCUT2D eigenvalue weighted by Crippen LogP contribution is 2.35. The van der Waals surface area contributed by atoms with Gasteiger partial charge in [0.2, 0.25) is 0 Å². The maximum atomic E-state index is 4.74. The maximum Gasteiger partial charge on any atom is 0.109 e. The molecule has 122 valence electrons. The van der Waals surface area contributed by atoms with Crippen LogP contribution in [-0.2, 0) is 19.5 Å². The van der Waals surface area contributed by atoms with Crippen molar-refractivity contribution >= 4 is 11.3 Å². The van der Waals surface area contributed by atoms with Gasteiger partial charge in [0.25, 0.3) is 0 Å². The Labute approximate surface area is 146 Å². The number of fused-ring (bicyclic) bond motifs is 2. The number of thiophene rings is 1. The molecule has 0 amide bonds. The third kappa shape index (κ3) is 2.50. The van der Waals surface area contributed by atoms with Crippen LogP contribution in [0.25, 0.3) is 11.3 Å². The predicted octanol–water partition coefficient (Wildman–Crippen LogP) is 3.92. The van der Waals surface area contributed by atoms with Crippen LogP contribution in [0.5, 0.6) is 0 Å². The van der Waals surface area contributed by atoms with Crippen LogP contribution < -0.4 is 0 Å². The van der Waals surface area contributed by atoms with Gasteiger partial charge in [0.15, 0.2) is 0 Å². The lowest BCUT2D eigenvalue weighted by Gasteiger charge is -2.27. The molecule has 0 aliphatic carbocycles. The van der Waals surface area contributed by atoms with Gasteiger partial charge in [-0.3, -0.25) is 4.90 Å². The van der Waals surface area contributed by atoms with E-state index in [0.717, 1.165) is 31.3 Å². The summed E-state index contributed by atoms with van der Waals surface area (Å²) in [6.45, 7) is 4.65. The van der Waals surface area contributed by atoms with Crippen molar-refractivity contribution in [3.05, 3.63) is 64.7 Å². The molecule has 0 radical (unpaired) electrons. The van der Waals surface area contributed by atoms with Gasteiger partial charge in [-0.15, -0.1) is 0 Å². The Morgan fingerprint density at radius 1 is 1.04 bits per heavy atom. The summed E-state index contributed by atoms with van der Waals surface area (Å²) < 4.78 is 2.46. The zero-order chi connectivity index (χ0) is 15.9. The Kier molecular flexibility index (Phi) is 3.53. The normalized spacial score (nSPS) is 23.2. The molecule has 2 atom stereocenters. The molecule has 2 aliphatic rings. The van der Waals surface area contributed by atoms with E-state index in [4.69, 9.17) is 4.98 Å². The summed E-state index contributed by atoms with van der Waals surface area (Å²) in [5.41, 5.74) is 4.02. The number of hydrogen-bond donors (Lipinski definition) is 0. The van der Waals surface area contributed by atoms with Gasteiger partial charge in [0.05, 0.1) is 11.9 Å². The van der Waals surface area contributed by atoms with E-state index in [-0.39, 0.29) is 0 Å². The van der Waals surface area contributed by atoms with Crippen molar-refractivity contribution in [3.63, 3.8) is 0 Å². The van der Waals surface area contributed by atoms with Crippen molar-refractivity contribution in [1.82, 2.24) is 14.5 Å². The van der Waals surface area contributed by atoms with Gasteiger partial charge in [-0.2, -0.15) is 11.3 Å². The van der Waals surface area contributed by atoms with Gasteiger partial charge in [0, 0.05) is 32.6 Å². The van der Waals surface area contributed by atoms with E-state index < -0.39 is 0 Å². The van der Waals surface area contributed by atoms with Crippen molar-refractivity contribution in [3.8, 4) is 11.3 Å². The largest absolute Gasteiger partial charge is 0.328 e. The topological polar surface area (TPSA) is 21.1 Å². The second-order valence-electron chi connectivity index (χ2n) is 7.09. The van der Waals surface area contributed by atoms with Crippen molar-refractivity contribution < 1.29 is 0 Å². The van der Waals surface area contributed by atoms with E-state index in [2.05, 4.69) is 62.8 Å². The molecule has 24 heavy (non-hydrogen) atoms. The first kappa shape index (κ1) is 14.4. The summed E-state index contributed by atoms with van der Waals surface area (Å²) in [6.07, 6.45) is 3.19. The maximum absolute atomic E-state index is 4.74. The molecule has 0 bridgehead atoms. The third-order valence-corrected chi connectivity index (χ3v) is 6.24. The molecule has 1 saturated heterocycles. The molecule has 0 N–H and O–H groups in total. The highest BCUT2D eigenvalue weighted by atomic mass is 32.1. The van der Waals surface area contributed by atoms with Gasteiger partial charge < -0.3 is 4.57 Å². The number of hydrogen-bond acceptors (Lipinski definition) is 3. The van der Waals surface area contributed by atoms with Crippen molar-refractivity contribution in [2.45, 2.75) is 19.5 Å². The van der Waals surface area contributed by atoms with Crippen molar-refractivity contribution in [1.29, 1.82) is 0 Å². The Balaban J connectivity index is 1.37. The first-order valence-electron chi connectivity index (χ1n) is 8.70. The average molecular weight is 335 g/mol. The minimum atomic E-state index is 0.757. The molecule has 1 aromatic carbocycles. The quantitative estimate of drug-likeness (QED) is 0.723. The van der Waals surface area contributed by atoms with Crippen LogP contribution in [-0.4, -0.2) is 27.5 Å². The van der Waals surface area contributed by atoms with E-state index in [0.29, 0.717) is 0 Å². The van der Waals surface area contributed by atoms with Crippen LogP contribution in [0, 0.1) is 11.8 Å². The van der Waals surface area contributed by atoms with Crippen LogP contribution in [0.2, 0.25) is 0 Å². The minimum Gasteiger partial charge on any atom is -0.328 e. The summed E-state index contributed by atoms with van der Waals surface area (Å²) in [6, 6.07) is 12.9. The molecule has 4 heteroatoms. The molecule has 3 nitrogen and oxygen atoms in total. The lowest BCUT2D eigenvalue weighted by molar-refractivity contribution is 0.307. The molecule has 2 aromatic heterocycles. The van der Waals surface area contributed by atoms with E-state index in [9.17, 15) is 0 Å². The second-order valence-corrected chi connectivity index (χ2v) is 7.87. The van der Waals surface area contributed by atoms with Crippen LogP contribution in [0.1, 0.15) is 11.4 Å². The monoisotopic (exact) mass is 335 g/mol. The first-order valence-corrected chi connectivity index (χ1v) is 9.64. The molecule has 0 spiro atoms. The molecule has 0 unspecified atom stereocenters. The van der Waals surface area contributed by atoms with Crippen molar-refractivity contribution in [2.24, 2.45) is 11.8 Å². The molecular formula is C20H21N3S. The zero-order valence-electron chi connectivity index (χ0n) is 13.6. The molecule has 3 aromatic rings. The number of rotatable bonds is 3. The van der Waals surface area contributed by atoms with E-state index in [1.54, 1.807) is 11.3 Å². The fourth-order valence-corrected chi connectivity index (χ4v) is 4.99. The fraction of sp³-hybridized carbons (Fsp3) is 0.350. The summed E-state index contributed by atoms with van der Waals surface area (Å²) in [7, 11) is 0. The second kappa shape index (κ2) is 5.87. The number of aromatic nitrogens is 2. The van der Waals surface area contributed by atoms with Gasteiger partial charge in [-0.1, -0.05) is 30.3 Å². The fourth-order valence-electron chi connectivity index (χ4n) is 4.33. The summed E-state index contributed by atoms with van der Waals surface area (Å²) >= 11 is 1.80. The molecule has 4 heterocycles. The van der Waals surface area contributed by atoms with Gasteiger partial charge >= 0.3 is 0 Å². The van der Waals surface area contributed by atoms with Crippen LogP contribution in [0.3, 0.4) is 0 Å². The Morgan fingerprint density at radius 3 is 2.75 bits per heavy atom. The number of nitrogens with zero attached hydrogens (tertiary/aromatic N) is 3.